The van der Waals surface area contributed by atoms with Gasteiger partial charge in [-0.1, -0.05) is 18.2 Å². The molecule has 0 heterocycles. The van der Waals surface area contributed by atoms with E-state index in [2.05, 4.69) is 9.47 Å². The third kappa shape index (κ3) is 5.14. The van der Waals surface area contributed by atoms with Crippen LogP contribution < -0.4 is 4.90 Å². The summed E-state index contributed by atoms with van der Waals surface area (Å²) in [6.45, 7) is 3.34. The fourth-order valence-electron chi connectivity index (χ4n) is 1.66. The number of carbonyl (C=O) groups is 3. The van der Waals surface area contributed by atoms with Crippen molar-refractivity contribution in [2.75, 3.05) is 19.1 Å². The molecular weight excluding hydrogens is 302 g/mol. The van der Waals surface area contributed by atoms with E-state index in [4.69, 9.17) is 4.74 Å². The van der Waals surface area contributed by atoms with E-state index in [9.17, 15) is 14.4 Å². The molecule has 1 aromatic carbocycles. The Morgan fingerprint density at radius 1 is 1.04 bits per heavy atom. The molecule has 0 radical (unpaired) electrons. The number of ether oxygens (including phenoxy) is 3. The van der Waals surface area contributed by atoms with E-state index in [0.29, 0.717) is 5.69 Å². The average Bonchev–Trinajstić information content (AvgIpc) is 2.53. The van der Waals surface area contributed by atoms with Crippen LogP contribution >= 0.6 is 0 Å². The smallest absolute Gasteiger partial charge is 0.419 e. The van der Waals surface area contributed by atoms with E-state index in [1.807, 2.05) is 0 Å². The first kappa shape index (κ1) is 18.2. The van der Waals surface area contributed by atoms with Crippen LogP contribution in [0.25, 0.3) is 0 Å². The van der Waals surface area contributed by atoms with E-state index < -0.39 is 24.1 Å². The first-order valence-corrected chi connectivity index (χ1v) is 6.84. The van der Waals surface area contributed by atoms with Gasteiger partial charge < -0.3 is 14.2 Å². The Balaban J connectivity index is 3.39. The van der Waals surface area contributed by atoms with E-state index in [-0.39, 0.29) is 5.70 Å². The fraction of sp³-hybridized carbons (Fsp3) is 0.312. The van der Waals surface area contributed by atoms with Gasteiger partial charge in [0, 0.05) is 0 Å². The van der Waals surface area contributed by atoms with Crippen LogP contribution in [0.2, 0.25) is 0 Å². The molecule has 0 saturated carbocycles. The maximum Gasteiger partial charge on any atom is 0.419 e. The molecule has 0 bridgehead atoms. The summed E-state index contributed by atoms with van der Waals surface area (Å²) in [6, 6.07) is 8.29. The molecule has 0 spiro atoms. The van der Waals surface area contributed by atoms with Crippen LogP contribution in [-0.4, -0.2) is 38.4 Å². The first-order valence-electron chi connectivity index (χ1n) is 6.84. The largest absolute Gasteiger partial charge is 0.466 e. The molecule has 7 nitrogen and oxygen atoms in total. The Bertz CT molecular complexity index is 594. The average molecular weight is 321 g/mol. The molecule has 0 saturated heterocycles. The Kier molecular flexibility index (Phi) is 6.79. The van der Waals surface area contributed by atoms with Crippen LogP contribution in [0.5, 0.6) is 0 Å². The third-order valence-corrected chi connectivity index (χ3v) is 2.62. The van der Waals surface area contributed by atoms with Gasteiger partial charge in [-0.25, -0.2) is 19.3 Å². The van der Waals surface area contributed by atoms with Crippen molar-refractivity contribution in [3.05, 3.63) is 42.1 Å². The van der Waals surface area contributed by atoms with E-state index in [1.165, 1.54) is 0 Å². The van der Waals surface area contributed by atoms with Crippen LogP contribution in [0.4, 0.5) is 10.5 Å². The number of para-hydroxylation sites is 1. The number of esters is 2. The van der Waals surface area contributed by atoms with Crippen LogP contribution in [0.1, 0.15) is 13.8 Å². The number of rotatable bonds is 5. The molecule has 7 heteroatoms. The van der Waals surface area contributed by atoms with Crippen molar-refractivity contribution in [1.29, 1.82) is 0 Å². The number of nitrogens with zero attached hydrogens (tertiary/aromatic N) is 1. The Morgan fingerprint density at radius 3 is 2.13 bits per heavy atom. The normalized spacial score (nSPS) is 10.9. The van der Waals surface area contributed by atoms with Gasteiger partial charge in [-0.05, 0) is 26.0 Å². The van der Waals surface area contributed by atoms with Crippen molar-refractivity contribution < 1.29 is 28.6 Å². The Hall–Kier alpha value is -2.83. The second-order valence-corrected chi connectivity index (χ2v) is 4.65. The highest BCUT2D eigenvalue weighted by molar-refractivity contribution is 6.07. The zero-order chi connectivity index (χ0) is 17.4. The molecule has 0 fully saturated rings. The summed E-state index contributed by atoms with van der Waals surface area (Å²) in [5.74, 6) is -1.68. The maximum absolute atomic E-state index is 12.4. The van der Waals surface area contributed by atoms with E-state index in [0.717, 1.165) is 25.2 Å². The molecular formula is C16H19NO6. The topological polar surface area (TPSA) is 82.1 Å². The van der Waals surface area contributed by atoms with Crippen LogP contribution in [0.3, 0.4) is 0 Å². The highest BCUT2D eigenvalue weighted by Crippen LogP contribution is 2.22. The number of carbonyl (C=O) groups excluding carboxylic acids is 3. The molecule has 23 heavy (non-hydrogen) atoms. The standard InChI is InChI=1S/C16H19NO6/c1-11(2)23-16(20)17(12-8-6-5-7-9-12)13(15(19)22-4)10-14(18)21-3/h5-11H,1-4H3/b13-10+. The minimum absolute atomic E-state index is 0.309. The lowest BCUT2D eigenvalue weighted by molar-refractivity contribution is -0.138. The van der Waals surface area contributed by atoms with Crippen molar-refractivity contribution in [1.82, 2.24) is 0 Å². The lowest BCUT2D eigenvalue weighted by atomic mass is 10.2. The number of benzene rings is 1. The van der Waals surface area contributed by atoms with Crippen molar-refractivity contribution in [2.45, 2.75) is 20.0 Å². The number of hydrogen-bond acceptors (Lipinski definition) is 6. The molecule has 124 valence electrons. The highest BCUT2D eigenvalue weighted by Gasteiger charge is 2.29. The molecule has 0 aromatic heterocycles. The number of methoxy groups -OCH3 is 2. The summed E-state index contributed by atoms with van der Waals surface area (Å²) in [5, 5.41) is 0. The molecule has 0 N–H and O–H groups in total. The molecule has 0 atom stereocenters. The molecule has 0 aliphatic rings. The summed E-state index contributed by atoms with van der Waals surface area (Å²) >= 11 is 0. The van der Waals surface area contributed by atoms with Gasteiger partial charge in [0.2, 0.25) is 0 Å². The molecule has 1 amide bonds. The summed E-state index contributed by atoms with van der Waals surface area (Å²) in [6.07, 6.45) is -0.349. The highest BCUT2D eigenvalue weighted by atomic mass is 16.6. The van der Waals surface area contributed by atoms with Gasteiger partial charge >= 0.3 is 18.0 Å². The monoisotopic (exact) mass is 321 g/mol. The minimum Gasteiger partial charge on any atom is -0.466 e. The van der Waals surface area contributed by atoms with Crippen LogP contribution in [0, 0.1) is 0 Å². The van der Waals surface area contributed by atoms with Crippen molar-refractivity contribution in [3.63, 3.8) is 0 Å². The van der Waals surface area contributed by atoms with Crippen molar-refractivity contribution in [3.8, 4) is 0 Å². The quantitative estimate of drug-likeness (QED) is 0.470. The van der Waals surface area contributed by atoms with E-state index in [1.54, 1.807) is 44.2 Å². The molecule has 0 aliphatic carbocycles. The lowest BCUT2D eigenvalue weighted by Crippen LogP contribution is -2.36. The summed E-state index contributed by atoms with van der Waals surface area (Å²) in [7, 11) is 2.30. The summed E-state index contributed by atoms with van der Waals surface area (Å²) < 4.78 is 14.3. The van der Waals surface area contributed by atoms with Gasteiger partial charge in [0.15, 0.2) is 0 Å². The summed E-state index contributed by atoms with van der Waals surface area (Å²) in [5.41, 5.74) is 0.0369. The molecule has 0 unspecified atom stereocenters. The van der Waals surface area contributed by atoms with Crippen LogP contribution in [-0.2, 0) is 23.8 Å². The second kappa shape index (κ2) is 8.57. The molecule has 1 rings (SSSR count). The lowest BCUT2D eigenvalue weighted by Gasteiger charge is -2.24. The zero-order valence-electron chi connectivity index (χ0n) is 13.4. The van der Waals surface area contributed by atoms with Crippen LogP contribution in [0.15, 0.2) is 42.1 Å². The van der Waals surface area contributed by atoms with Gasteiger partial charge in [0.1, 0.15) is 5.70 Å². The molecule has 0 aliphatic heterocycles. The Labute approximate surface area is 134 Å². The number of hydrogen-bond donors (Lipinski definition) is 0. The predicted octanol–water partition coefficient (Wildman–Crippen LogP) is 2.27. The van der Waals surface area contributed by atoms with Gasteiger partial charge in [-0.15, -0.1) is 0 Å². The first-order chi connectivity index (χ1) is 10.9. The van der Waals surface area contributed by atoms with Gasteiger partial charge in [0.25, 0.3) is 0 Å². The maximum atomic E-state index is 12.4. The zero-order valence-corrected chi connectivity index (χ0v) is 13.4. The number of anilines is 1. The summed E-state index contributed by atoms with van der Waals surface area (Å²) in [4.78, 5) is 36.9. The second-order valence-electron chi connectivity index (χ2n) is 4.65. The minimum atomic E-state index is -0.875. The fourth-order valence-corrected chi connectivity index (χ4v) is 1.66. The SMILES string of the molecule is COC(=O)/C=C(\C(=O)OC)N(C(=O)OC(C)C)c1ccccc1. The predicted molar refractivity (Wildman–Crippen MR) is 82.7 cm³/mol. The van der Waals surface area contributed by atoms with Gasteiger partial charge in [0.05, 0.1) is 32.1 Å². The number of amides is 1. The third-order valence-electron chi connectivity index (χ3n) is 2.62. The van der Waals surface area contributed by atoms with E-state index >= 15 is 0 Å². The van der Waals surface area contributed by atoms with Crippen molar-refractivity contribution >= 4 is 23.7 Å². The Morgan fingerprint density at radius 2 is 1.65 bits per heavy atom. The van der Waals surface area contributed by atoms with Crippen molar-refractivity contribution in [2.24, 2.45) is 0 Å². The molecule has 1 aromatic rings. The van der Waals surface area contributed by atoms with Gasteiger partial charge in [-0.3, -0.25) is 0 Å². The van der Waals surface area contributed by atoms with Gasteiger partial charge in [-0.2, -0.15) is 0 Å².